The molecule has 1 aromatic carbocycles. The number of benzene rings is 1. The fourth-order valence-corrected chi connectivity index (χ4v) is 1.04. The largest absolute Gasteiger partial charge is 0.504 e. The van der Waals surface area contributed by atoms with E-state index >= 15 is 0 Å². The third-order valence-electron chi connectivity index (χ3n) is 1.64. The average molecular weight is 182 g/mol. The van der Waals surface area contributed by atoms with Crippen molar-refractivity contribution in [3.8, 4) is 17.2 Å². The second-order valence-corrected chi connectivity index (χ2v) is 2.39. The van der Waals surface area contributed by atoms with Gasteiger partial charge in [-0.25, -0.2) is 0 Å². The molecule has 0 amide bonds. The molecule has 70 valence electrons. The Morgan fingerprint density at radius 3 is 2.46 bits per heavy atom. The van der Waals surface area contributed by atoms with Crippen molar-refractivity contribution in [1.82, 2.24) is 0 Å². The van der Waals surface area contributed by atoms with Gasteiger partial charge < -0.3 is 14.6 Å². The van der Waals surface area contributed by atoms with Gasteiger partial charge in [-0.2, -0.15) is 0 Å². The van der Waals surface area contributed by atoms with Gasteiger partial charge in [-0.15, -0.1) is 0 Å². The van der Waals surface area contributed by atoms with Crippen molar-refractivity contribution in [3.05, 3.63) is 17.7 Å². The minimum absolute atomic E-state index is 0.107. The van der Waals surface area contributed by atoms with Crippen LogP contribution in [0.15, 0.2) is 12.1 Å². The standard InChI is InChI=1S/C9H10O4/c1-12-7-3-6(5-10)9(13-2)8(11)4-7/h3-5,11H,1-2H3. The van der Waals surface area contributed by atoms with Crippen LogP contribution >= 0.6 is 0 Å². The molecule has 0 heterocycles. The molecular formula is C9H10O4. The molecule has 0 aliphatic rings. The molecule has 1 N–H and O–H groups in total. The summed E-state index contributed by atoms with van der Waals surface area (Å²) in [5.41, 5.74) is 0.263. The molecule has 0 atom stereocenters. The molecule has 4 nitrogen and oxygen atoms in total. The molecule has 0 fully saturated rings. The van der Waals surface area contributed by atoms with Crippen LogP contribution in [-0.4, -0.2) is 25.6 Å². The van der Waals surface area contributed by atoms with Crippen LogP contribution in [0.2, 0.25) is 0 Å². The number of carbonyl (C=O) groups is 1. The number of ether oxygens (including phenoxy) is 2. The molecule has 13 heavy (non-hydrogen) atoms. The van der Waals surface area contributed by atoms with Gasteiger partial charge in [0.05, 0.1) is 19.8 Å². The maximum absolute atomic E-state index is 10.6. The van der Waals surface area contributed by atoms with Crippen LogP contribution in [0.5, 0.6) is 17.2 Å². The van der Waals surface area contributed by atoms with E-state index in [0.29, 0.717) is 12.0 Å². The Kier molecular flexibility index (Phi) is 2.74. The van der Waals surface area contributed by atoms with Gasteiger partial charge in [0.1, 0.15) is 5.75 Å². The number of phenolic OH excluding ortho intramolecular Hbond substituents is 1. The van der Waals surface area contributed by atoms with Crippen LogP contribution in [0, 0.1) is 0 Å². The second kappa shape index (κ2) is 3.80. The van der Waals surface area contributed by atoms with Gasteiger partial charge in [0, 0.05) is 6.07 Å². The highest BCUT2D eigenvalue weighted by Crippen LogP contribution is 2.33. The third-order valence-corrected chi connectivity index (χ3v) is 1.64. The van der Waals surface area contributed by atoms with E-state index in [-0.39, 0.29) is 17.1 Å². The van der Waals surface area contributed by atoms with E-state index in [0.717, 1.165) is 0 Å². The van der Waals surface area contributed by atoms with Gasteiger partial charge in [-0.3, -0.25) is 4.79 Å². The Bertz CT molecular complexity index is 320. The topological polar surface area (TPSA) is 55.8 Å². The molecule has 0 aromatic heterocycles. The molecule has 0 radical (unpaired) electrons. The third kappa shape index (κ3) is 1.72. The lowest BCUT2D eigenvalue weighted by Gasteiger charge is -2.07. The van der Waals surface area contributed by atoms with Gasteiger partial charge in [-0.05, 0) is 6.07 Å². The van der Waals surface area contributed by atoms with Crippen LogP contribution in [-0.2, 0) is 0 Å². The molecule has 0 unspecified atom stereocenters. The first-order chi connectivity index (χ1) is 6.22. The zero-order valence-corrected chi connectivity index (χ0v) is 7.40. The minimum Gasteiger partial charge on any atom is -0.504 e. The SMILES string of the molecule is COc1cc(O)c(OC)c(C=O)c1. The summed E-state index contributed by atoms with van der Waals surface area (Å²) in [4.78, 5) is 10.6. The number of phenols is 1. The zero-order valence-electron chi connectivity index (χ0n) is 7.40. The van der Waals surface area contributed by atoms with E-state index in [4.69, 9.17) is 9.47 Å². The lowest BCUT2D eigenvalue weighted by Crippen LogP contribution is -1.92. The van der Waals surface area contributed by atoms with E-state index in [1.54, 1.807) is 0 Å². The van der Waals surface area contributed by atoms with Crippen molar-refractivity contribution in [3.63, 3.8) is 0 Å². The normalized spacial score (nSPS) is 9.38. The average Bonchev–Trinajstić information content (AvgIpc) is 2.16. The van der Waals surface area contributed by atoms with Crippen molar-refractivity contribution in [2.75, 3.05) is 14.2 Å². The quantitative estimate of drug-likeness (QED) is 0.714. The van der Waals surface area contributed by atoms with Crippen molar-refractivity contribution in [1.29, 1.82) is 0 Å². The Hall–Kier alpha value is -1.71. The highest BCUT2D eigenvalue weighted by molar-refractivity contribution is 5.82. The monoisotopic (exact) mass is 182 g/mol. The Morgan fingerprint density at radius 2 is 2.00 bits per heavy atom. The Morgan fingerprint density at radius 1 is 1.31 bits per heavy atom. The molecule has 0 aliphatic heterocycles. The van der Waals surface area contributed by atoms with Crippen molar-refractivity contribution < 1.29 is 19.4 Å². The number of methoxy groups -OCH3 is 2. The summed E-state index contributed by atoms with van der Waals surface area (Å²) in [6.45, 7) is 0. The Balaban J connectivity index is 3.28. The minimum atomic E-state index is -0.107. The van der Waals surface area contributed by atoms with Crippen LogP contribution in [0.25, 0.3) is 0 Å². The molecule has 0 spiro atoms. The fraction of sp³-hybridized carbons (Fsp3) is 0.222. The molecule has 4 heteroatoms. The fourth-order valence-electron chi connectivity index (χ4n) is 1.04. The van der Waals surface area contributed by atoms with Crippen LogP contribution in [0.4, 0.5) is 0 Å². The number of hydrogen-bond donors (Lipinski definition) is 1. The predicted molar refractivity (Wildman–Crippen MR) is 46.6 cm³/mol. The summed E-state index contributed by atoms with van der Waals surface area (Å²) >= 11 is 0. The van der Waals surface area contributed by atoms with Gasteiger partial charge in [0.2, 0.25) is 0 Å². The first-order valence-corrected chi connectivity index (χ1v) is 3.63. The summed E-state index contributed by atoms with van der Waals surface area (Å²) < 4.78 is 9.69. The number of aromatic hydroxyl groups is 1. The molecule has 0 saturated carbocycles. The van der Waals surface area contributed by atoms with Crippen molar-refractivity contribution in [2.45, 2.75) is 0 Å². The van der Waals surface area contributed by atoms with Crippen LogP contribution in [0.3, 0.4) is 0 Å². The van der Waals surface area contributed by atoms with Gasteiger partial charge in [0.15, 0.2) is 17.8 Å². The van der Waals surface area contributed by atoms with Crippen LogP contribution in [0.1, 0.15) is 10.4 Å². The van der Waals surface area contributed by atoms with E-state index in [9.17, 15) is 9.90 Å². The number of aldehydes is 1. The van der Waals surface area contributed by atoms with E-state index in [1.807, 2.05) is 0 Å². The number of rotatable bonds is 3. The summed E-state index contributed by atoms with van der Waals surface area (Å²) in [6.07, 6.45) is 0.598. The summed E-state index contributed by atoms with van der Waals surface area (Å²) in [7, 11) is 2.84. The smallest absolute Gasteiger partial charge is 0.171 e. The predicted octanol–water partition coefficient (Wildman–Crippen LogP) is 1.22. The lowest BCUT2D eigenvalue weighted by molar-refractivity contribution is 0.111. The van der Waals surface area contributed by atoms with Gasteiger partial charge in [0.25, 0.3) is 0 Å². The van der Waals surface area contributed by atoms with Crippen molar-refractivity contribution >= 4 is 6.29 Å². The maximum atomic E-state index is 10.6. The molecule has 0 saturated heterocycles. The van der Waals surface area contributed by atoms with Gasteiger partial charge >= 0.3 is 0 Å². The molecule has 0 bridgehead atoms. The highest BCUT2D eigenvalue weighted by atomic mass is 16.5. The number of carbonyl (C=O) groups excluding carboxylic acids is 1. The first-order valence-electron chi connectivity index (χ1n) is 3.63. The molecule has 1 aromatic rings. The lowest BCUT2D eigenvalue weighted by atomic mass is 10.2. The Labute approximate surface area is 75.7 Å². The van der Waals surface area contributed by atoms with Gasteiger partial charge in [-0.1, -0.05) is 0 Å². The van der Waals surface area contributed by atoms with E-state index < -0.39 is 0 Å². The summed E-state index contributed by atoms with van der Waals surface area (Å²) in [5, 5.41) is 9.37. The molecule has 0 aliphatic carbocycles. The van der Waals surface area contributed by atoms with E-state index in [2.05, 4.69) is 0 Å². The molecular weight excluding hydrogens is 172 g/mol. The molecule has 1 rings (SSSR count). The maximum Gasteiger partial charge on any atom is 0.171 e. The number of hydrogen-bond acceptors (Lipinski definition) is 4. The highest BCUT2D eigenvalue weighted by Gasteiger charge is 2.10. The van der Waals surface area contributed by atoms with Crippen molar-refractivity contribution in [2.24, 2.45) is 0 Å². The zero-order chi connectivity index (χ0) is 9.84. The second-order valence-electron chi connectivity index (χ2n) is 2.39. The van der Waals surface area contributed by atoms with E-state index in [1.165, 1.54) is 26.4 Å². The van der Waals surface area contributed by atoms with Crippen LogP contribution < -0.4 is 9.47 Å². The first kappa shape index (κ1) is 9.38. The summed E-state index contributed by atoms with van der Waals surface area (Å²) in [5.74, 6) is 0.472. The summed E-state index contributed by atoms with van der Waals surface area (Å²) in [6, 6.07) is 2.87.